The van der Waals surface area contributed by atoms with Crippen LogP contribution in [0.1, 0.15) is 51.9 Å². The van der Waals surface area contributed by atoms with Gasteiger partial charge in [0, 0.05) is 0 Å². The van der Waals surface area contributed by atoms with Crippen molar-refractivity contribution in [2.24, 2.45) is 0 Å². The molecule has 1 aliphatic rings. The molecular weight excluding hydrogens is 439 g/mol. The molecule has 0 saturated heterocycles. The number of allylic oxidation sites excluding steroid dienone is 6. The molecule has 0 aliphatic heterocycles. The molecule has 0 aromatic heterocycles. The summed E-state index contributed by atoms with van der Waals surface area (Å²) in [6, 6.07) is 0. The van der Waals surface area contributed by atoms with Gasteiger partial charge in [-0.1, -0.05) is 25.0 Å². The summed E-state index contributed by atoms with van der Waals surface area (Å²) in [4.78, 5) is 0. The maximum absolute atomic E-state index is 9.64. The van der Waals surface area contributed by atoms with Gasteiger partial charge in [-0.25, -0.2) is 0 Å². The molecule has 0 N–H and O–H groups in total. The average molecular weight is 471 g/mol. The predicted octanol–water partition coefficient (Wildman–Crippen LogP) is 3.76. The van der Waals surface area contributed by atoms with Gasteiger partial charge in [-0.15, -0.1) is 26.4 Å². The monoisotopic (exact) mass is 472 g/mol. The van der Waals surface area contributed by atoms with Gasteiger partial charge in [-0.2, -0.15) is 0 Å². The summed E-state index contributed by atoms with van der Waals surface area (Å²) in [6.45, 7) is 9.27. The Morgan fingerprint density at radius 3 is 2.00 bits per heavy atom. The molecule has 124 valence electrons. The normalized spacial score (nSPS) is 11.3. The first-order chi connectivity index (χ1) is 10.8. The topological polar surface area (TPSA) is 46.1 Å². The number of hydrogen-bond donors (Lipinski definition) is 0. The Hall–Kier alpha value is -0.250. The van der Waals surface area contributed by atoms with Gasteiger partial charge in [0.05, 0.1) is 0 Å². The van der Waals surface area contributed by atoms with Crippen LogP contribution in [0, 0.1) is 0 Å². The summed E-state index contributed by atoms with van der Waals surface area (Å²) < 4.78 is 3.39. The van der Waals surface area contributed by atoms with Crippen molar-refractivity contribution in [2.75, 3.05) is 13.2 Å². The van der Waals surface area contributed by atoms with Gasteiger partial charge < -0.3 is 10.2 Å². The van der Waals surface area contributed by atoms with Crippen LogP contribution in [0.5, 0.6) is 0 Å². The molecule has 1 rings (SSSR count). The van der Waals surface area contributed by atoms with Crippen LogP contribution in [0.15, 0.2) is 46.9 Å². The zero-order chi connectivity index (χ0) is 16.9. The molecule has 0 saturated carbocycles. The van der Waals surface area contributed by atoms with Gasteiger partial charge in [0.2, 0.25) is 0 Å². The molecule has 0 fully saturated rings. The Kier molecular flexibility index (Phi) is 25.1. The van der Waals surface area contributed by atoms with Crippen molar-refractivity contribution in [3.63, 3.8) is 0 Å². The first kappa shape index (κ1) is 24.0. The third-order valence-electron chi connectivity index (χ3n) is 2.76. The summed E-state index contributed by atoms with van der Waals surface area (Å²) in [7, 11) is 0. The van der Waals surface area contributed by atoms with Crippen LogP contribution in [-0.4, -0.2) is 13.2 Å². The fourth-order valence-corrected chi connectivity index (χ4v) is 6.23. The fraction of sp³-hybridized carbons (Fsp3) is 0.579. The number of rotatable bonds is 10. The Balaban J connectivity index is 0. The van der Waals surface area contributed by atoms with E-state index >= 15 is 0 Å². The molecule has 0 aromatic rings. The van der Waals surface area contributed by atoms with E-state index in [9.17, 15) is 10.2 Å². The van der Waals surface area contributed by atoms with Crippen molar-refractivity contribution < 1.29 is 33.1 Å². The number of hydrogen-bond acceptors (Lipinski definition) is 2. The molecule has 0 radical (unpaired) electrons. The van der Waals surface area contributed by atoms with Crippen LogP contribution < -0.4 is 10.2 Å². The predicted molar refractivity (Wildman–Crippen MR) is 90.2 cm³/mol. The van der Waals surface area contributed by atoms with Crippen molar-refractivity contribution in [1.82, 2.24) is 0 Å². The Labute approximate surface area is 149 Å². The van der Waals surface area contributed by atoms with Crippen LogP contribution in [0.2, 0.25) is 4.18 Å². The molecule has 22 heavy (non-hydrogen) atoms. The van der Waals surface area contributed by atoms with Crippen molar-refractivity contribution in [1.29, 1.82) is 0 Å². The van der Waals surface area contributed by atoms with Crippen molar-refractivity contribution in [3.8, 4) is 0 Å². The van der Waals surface area contributed by atoms with Gasteiger partial charge in [0.25, 0.3) is 0 Å². The fourth-order valence-electron chi connectivity index (χ4n) is 1.46. The molecule has 2 nitrogen and oxygen atoms in total. The maximum atomic E-state index is 9.64. The zero-order valence-electron chi connectivity index (χ0n) is 14.2. The Bertz CT molecular complexity index is 284. The Morgan fingerprint density at radius 2 is 1.68 bits per heavy atom. The SMILES string of the molecule is C=CCCC[O-].C=CCCC[O-].CCC[CH2][Hf+2][C]1=CC=CC1. The first-order valence-electron chi connectivity index (χ1n) is 8.24. The van der Waals surface area contributed by atoms with Gasteiger partial charge in [0.15, 0.2) is 0 Å². The molecule has 0 heterocycles. The van der Waals surface area contributed by atoms with Crippen LogP contribution in [-0.2, 0) is 22.9 Å². The molecule has 0 aromatic carbocycles. The molecular formula is C19H32HfO2. The van der Waals surface area contributed by atoms with E-state index in [0.29, 0.717) is 0 Å². The third kappa shape index (κ3) is 22.0. The van der Waals surface area contributed by atoms with E-state index in [1.165, 1.54) is 19.3 Å². The minimum absolute atomic E-state index is 0.0337. The summed E-state index contributed by atoms with van der Waals surface area (Å²) in [5.41, 5.74) is 0. The Morgan fingerprint density at radius 1 is 1.09 bits per heavy atom. The molecule has 0 unspecified atom stereocenters. The quantitative estimate of drug-likeness (QED) is 0.277. The van der Waals surface area contributed by atoms with E-state index in [1.54, 1.807) is 16.3 Å². The average Bonchev–Trinajstić information content (AvgIpc) is 3.06. The molecule has 3 heteroatoms. The molecule has 0 amide bonds. The van der Waals surface area contributed by atoms with Crippen molar-refractivity contribution in [2.45, 2.75) is 56.0 Å². The van der Waals surface area contributed by atoms with E-state index in [2.05, 4.69) is 38.3 Å². The van der Waals surface area contributed by atoms with Gasteiger partial charge in [0.1, 0.15) is 0 Å². The third-order valence-corrected chi connectivity index (χ3v) is 7.89. The summed E-state index contributed by atoms with van der Waals surface area (Å²) >= 11 is -0.283. The van der Waals surface area contributed by atoms with Crippen LogP contribution in [0.25, 0.3) is 0 Å². The second-order valence-electron chi connectivity index (χ2n) is 4.87. The van der Waals surface area contributed by atoms with E-state index in [-0.39, 0.29) is 36.1 Å². The van der Waals surface area contributed by atoms with Crippen molar-refractivity contribution >= 4 is 0 Å². The second-order valence-corrected chi connectivity index (χ2v) is 10.2. The number of unbranched alkanes of at least 4 members (excludes halogenated alkanes) is 3. The summed E-state index contributed by atoms with van der Waals surface area (Å²) in [5.74, 6) is 0. The molecule has 0 spiro atoms. The summed E-state index contributed by atoms with van der Waals surface area (Å²) in [6.07, 6.45) is 17.7. The van der Waals surface area contributed by atoms with E-state index in [0.717, 1.165) is 25.7 Å². The van der Waals surface area contributed by atoms with E-state index in [1.807, 2.05) is 3.33 Å². The molecule has 0 atom stereocenters. The van der Waals surface area contributed by atoms with E-state index < -0.39 is 0 Å². The minimum atomic E-state index is -0.283. The van der Waals surface area contributed by atoms with Gasteiger partial charge in [-0.05, 0) is 12.8 Å². The van der Waals surface area contributed by atoms with Crippen LogP contribution >= 0.6 is 0 Å². The van der Waals surface area contributed by atoms with Crippen molar-refractivity contribution in [3.05, 3.63) is 46.9 Å². The molecule has 1 aliphatic carbocycles. The zero-order valence-corrected chi connectivity index (χ0v) is 17.8. The summed E-state index contributed by atoms with van der Waals surface area (Å²) in [5, 5.41) is 19.3. The van der Waals surface area contributed by atoms with Gasteiger partial charge >= 0.3 is 74.8 Å². The molecule has 0 bridgehead atoms. The second kappa shape index (κ2) is 23.0. The van der Waals surface area contributed by atoms with Crippen LogP contribution in [0.3, 0.4) is 0 Å². The van der Waals surface area contributed by atoms with E-state index in [4.69, 9.17) is 0 Å². The standard InChI is InChI=1S/2C5H9O.C5H5.C4H9.Hf/c2*1-2-3-4-5-6;1-2-4-5-3-1;1-3-4-2;/h2*2H,1,3-5H2;1-3H,4H2;1,3-4H2,2H3;/q2*-1;;;+2. The van der Waals surface area contributed by atoms with Gasteiger partial charge in [-0.3, -0.25) is 0 Å². The van der Waals surface area contributed by atoms with Crippen LogP contribution in [0.4, 0.5) is 0 Å². The first-order valence-corrected chi connectivity index (χ1v) is 12.6.